The summed E-state index contributed by atoms with van der Waals surface area (Å²) in [6.45, 7) is 15.6. The van der Waals surface area contributed by atoms with Crippen LogP contribution in [-0.2, 0) is 52.2 Å². The molecule has 0 aliphatic carbocycles. The Morgan fingerprint density at radius 3 is 0.636 bits per heavy atom. The lowest BCUT2D eigenvalue weighted by molar-refractivity contribution is 0.123. The van der Waals surface area contributed by atoms with Crippen molar-refractivity contribution in [2.75, 3.05) is 64.0 Å². The lowest BCUT2D eigenvalue weighted by Crippen LogP contribution is -2.60. The summed E-state index contributed by atoms with van der Waals surface area (Å²) in [5.74, 6) is 0. The van der Waals surface area contributed by atoms with E-state index in [-0.39, 0.29) is 0 Å². The van der Waals surface area contributed by atoms with Gasteiger partial charge in [-0.25, -0.2) is 0 Å². The molecule has 0 saturated carbocycles. The van der Waals surface area contributed by atoms with E-state index in [9.17, 15) is 0 Å². The molecule has 0 aliphatic rings. The van der Waals surface area contributed by atoms with Crippen LogP contribution >= 0.6 is 0 Å². The third-order valence-corrected chi connectivity index (χ3v) is 32.2. The summed E-state index contributed by atoms with van der Waals surface area (Å²) in [6, 6.07) is 4.90. The van der Waals surface area contributed by atoms with E-state index >= 15 is 0 Å². The molecule has 0 aromatic heterocycles. The molecule has 0 bridgehead atoms. The monoisotopic (exact) mass is 754 g/mol. The van der Waals surface area contributed by atoms with Crippen LogP contribution in [0.3, 0.4) is 0 Å². The Hall–Kier alpha value is 1.04. The fourth-order valence-electron chi connectivity index (χ4n) is 5.58. The topological polar surface area (TPSA) is 111 Å². The highest BCUT2D eigenvalue weighted by Gasteiger charge is 2.50. The molecule has 12 nitrogen and oxygen atoms in total. The van der Waals surface area contributed by atoms with Gasteiger partial charge in [-0.1, -0.05) is 0 Å². The van der Waals surface area contributed by atoms with Crippen LogP contribution in [0.2, 0.25) is 82.1 Å². The van der Waals surface area contributed by atoms with E-state index < -0.39 is 60.2 Å². The average Bonchev–Trinajstić information content (AvgIpc) is 2.95. The maximum Gasteiger partial charge on any atom is 0.500 e. The summed E-state index contributed by atoms with van der Waals surface area (Å²) in [6.07, 6.45) is 2.63. The highest BCUT2D eigenvalue weighted by Crippen LogP contribution is 2.33. The van der Waals surface area contributed by atoms with Gasteiger partial charge in [0.05, 0.1) is 0 Å². The van der Waals surface area contributed by atoms with Crippen LogP contribution in [0, 0.1) is 0 Å². The van der Waals surface area contributed by atoms with Gasteiger partial charge < -0.3 is 52.2 Å². The van der Waals surface area contributed by atoms with E-state index in [4.69, 9.17) is 52.2 Å². The second-order valence-electron chi connectivity index (χ2n) is 12.9. The van der Waals surface area contributed by atoms with Crippen molar-refractivity contribution in [1.29, 1.82) is 0 Å². The Bertz CT molecular complexity index is 660. The summed E-state index contributed by atoms with van der Waals surface area (Å²) in [7, 11) is -2.86. The van der Waals surface area contributed by atoms with E-state index in [1.54, 1.807) is 64.0 Å². The molecule has 0 unspecified atom stereocenters. The SMILES string of the molecule is CO[Si](CCC[Si](C)(C)O[Si](C)(O[Si](C)(C)CCC[Si](OC)(OC)OC)O[Si](C)(C)CCC[Si](OC)(OC)OC)(OC)OC. The lowest BCUT2D eigenvalue weighted by atomic mass is 10.6. The molecule has 266 valence electrons. The molecule has 0 aromatic rings. The van der Waals surface area contributed by atoms with Crippen LogP contribution in [0.5, 0.6) is 0 Å². The van der Waals surface area contributed by atoms with Gasteiger partial charge in [0, 0.05) is 88.7 Å². The molecular weight excluding hydrogens is 689 g/mol. The van der Waals surface area contributed by atoms with Crippen LogP contribution in [0.15, 0.2) is 0 Å². The molecule has 0 atom stereocenters. The molecule has 0 spiro atoms. The highest BCUT2D eigenvalue weighted by atomic mass is 28.5. The Morgan fingerprint density at radius 1 is 0.295 bits per heavy atom. The number of hydrogen-bond acceptors (Lipinski definition) is 12. The molecule has 0 rings (SSSR count). The van der Waals surface area contributed by atoms with Crippen molar-refractivity contribution in [2.24, 2.45) is 0 Å². The van der Waals surface area contributed by atoms with E-state index in [1.807, 2.05) is 0 Å². The van der Waals surface area contributed by atoms with Crippen molar-refractivity contribution in [2.45, 2.75) is 101 Å². The number of hydrogen-bond donors (Lipinski definition) is 0. The molecular formula is C25H66O12Si7. The van der Waals surface area contributed by atoms with Gasteiger partial charge in [0.1, 0.15) is 0 Å². The Kier molecular flexibility index (Phi) is 20.4. The fraction of sp³-hybridized carbons (Fsp3) is 1.00. The maximum absolute atomic E-state index is 7.10. The molecule has 0 fully saturated rings. The van der Waals surface area contributed by atoms with E-state index in [0.717, 1.165) is 55.5 Å². The minimum Gasteiger partial charge on any atom is -0.417 e. The summed E-state index contributed by atoms with van der Waals surface area (Å²) in [5.41, 5.74) is 0. The summed E-state index contributed by atoms with van der Waals surface area (Å²) >= 11 is 0. The summed E-state index contributed by atoms with van der Waals surface area (Å²) < 4.78 is 72.1. The zero-order valence-electron chi connectivity index (χ0n) is 30.8. The first kappa shape index (κ1) is 45.0. The van der Waals surface area contributed by atoms with Crippen LogP contribution in [0.1, 0.15) is 19.3 Å². The Labute approximate surface area is 276 Å². The van der Waals surface area contributed by atoms with Gasteiger partial charge >= 0.3 is 35.2 Å². The van der Waals surface area contributed by atoms with Crippen LogP contribution in [0.4, 0.5) is 0 Å². The summed E-state index contributed by atoms with van der Waals surface area (Å²) in [5, 5.41) is 0. The van der Waals surface area contributed by atoms with E-state index in [2.05, 4.69) is 45.8 Å². The molecule has 0 aromatic carbocycles. The van der Waals surface area contributed by atoms with Gasteiger partial charge in [0.15, 0.2) is 25.0 Å². The quantitative estimate of drug-likeness (QED) is 0.0915. The second kappa shape index (κ2) is 19.9. The average molecular weight is 755 g/mol. The summed E-state index contributed by atoms with van der Waals surface area (Å²) in [4.78, 5) is 0. The largest absolute Gasteiger partial charge is 0.500 e. The third kappa shape index (κ3) is 15.5. The first-order valence-electron chi connectivity index (χ1n) is 15.4. The van der Waals surface area contributed by atoms with Crippen LogP contribution < -0.4 is 0 Å². The predicted molar refractivity (Wildman–Crippen MR) is 190 cm³/mol. The predicted octanol–water partition coefficient (Wildman–Crippen LogP) is 6.02. The molecule has 0 radical (unpaired) electrons. The molecule has 0 heterocycles. The number of rotatable bonds is 27. The van der Waals surface area contributed by atoms with Gasteiger partial charge in [0.2, 0.25) is 0 Å². The Balaban J connectivity index is 5.91. The van der Waals surface area contributed by atoms with Crippen molar-refractivity contribution in [3.05, 3.63) is 0 Å². The molecule has 0 N–H and O–H groups in total. The molecule has 0 saturated heterocycles. The molecule has 0 aliphatic heterocycles. The van der Waals surface area contributed by atoms with Crippen LogP contribution in [0.25, 0.3) is 0 Å². The van der Waals surface area contributed by atoms with Gasteiger partial charge in [-0.2, -0.15) is 0 Å². The van der Waals surface area contributed by atoms with Crippen molar-refractivity contribution in [1.82, 2.24) is 0 Å². The van der Waals surface area contributed by atoms with Crippen molar-refractivity contribution >= 4 is 60.2 Å². The Morgan fingerprint density at radius 2 is 0.477 bits per heavy atom. The van der Waals surface area contributed by atoms with Gasteiger partial charge in [-0.05, 0) is 76.7 Å². The van der Waals surface area contributed by atoms with Crippen molar-refractivity contribution in [3.8, 4) is 0 Å². The second-order valence-corrected chi connectivity index (χ2v) is 38.4. The zero-order chi connectivity index (χ0) is 34.3. The maximum atomic E-state index is 7.10. The normalized spacial score (nSPS) is 14.5. The molecule has 0 amide bonds. The minimum absolute atomic E-state index is 0.727. The standard InChI is InChI=1S/C25H66O12Si7/c1-26-42(27-2,28-3)23-17-20-38(10,11)35-41(16,36-39(12,13)21-18-24-43(29-4,30-5)31-6)37-40(14,15)22-19-25-44(32-7,33-8)34-9/h17-25H2,1-16H3. The highest BCUT2D eigenvalue weighted by molar-refractivity contribution is 6.90. The molecule has 19 heteroatoms. The van der Waals surface area contributed by atoms with Gasteiger partial charge in [-0.15, -0.1) is 0 Å². The lowest BCUT2D eigenvalue weighted by Gasteiger charge is -2.43. The van der Waals surface area contributed by atoms with Crippen molar-refractivity contribution < 1.29 is 52.2 Å². The minimum atomic E-state index is -3.08. The fourth-order valence-corrected chi connectivity index (χ4v) is 29.8. The van der Waals surface area contributed by atoms with Crippen molar-refractivity contribution in [3.63, 3.8) is 0 Å². The van der Waals surface area contributed by atoms with Gasteiger partial charge in [0.25, 0.3) is 0 Å². The van der Waals surface area contributed by atoms with E-state index in [0.29, 0.717) is 0 Å². The smallest absolute Gasteiger partial charge is 0.417 e. The third-order valence-electron chi connectivity index (χ3n) is 7.97. The van der Waals surface area contributed by atoms with Gasteiger partial charge in [-0.3, -0.25) is 0 Å². The zero-order valence-corrected chi connectivity index (χ0v) is 37.8. The first-order valence-corrected chi connectivity index (χ1v) is 32.7. The van der Waals surface area contributed by atoms with E-state index in [1.165, 1.54) is 0 Å². The van der Waals surface area contributed by atoms with Crippen LogP contribution in [-0.4, -0.2) is 124 Å². The first-order chi connectivity index (χ1) is 20.3. The molecule has 44 heavy (non-hydrogen) atoms.